The van der Waals surface area contributed by atoms with Crippen LogP contribution in [-0.4, -0.2) is 35.4 Å². The molecule has 30 heavy (non-hydrogen) atoms. The van der Waals surface area contributed by atoms with Crippen molar-refractivity contribution in [1.29, 1.82) is 0 Å². The number of fused-ring (bicyclic) bond motifs is 1. The van der Waals surface area contributed by atoms with Crippen molar-refractivity contribution >= 4 is 52.2 Å². The van der Waals surface area contributed by atoms with Crippen molar-refractivity contribution in [3.63, 3.8) is 0 Å². The molecule has 1 aliphatic heterocycles. The fourth-order valence-electron chi connectivity index (χ4n) is 3.41. The normalized spacial score (nSPS) is 13.9. The van der Waals surface area contributed by atoms with Gasteiger partial charge in [-0.3, -0.25) is 14.5 Å². The molecule has 2 aromatic rings. The van der Waals surface area contributed by atoms with Crippen LogP contribution in [0.3, 0.4) is 0 Å². The van der Waals surface area contributed by atoms with Gasteiger partial charge < -0.3 is 15.8 Å². The van der Waals surface area contributed by atoms with E-state index in [0.717, 1.165) is 42.9 Å². The first-order valence-electron chi connectivity index (χ1n) is 9.64. The molecule has 0 saturated heterocycles. The van der Waals surface area contributed by atoms with Crippen LogP contribution in [0, 0.1) is 0 Å². The number of ether oxygens (including phenoxy) is 1. The third-order valence-corrected chi connectivity index (χ3v) is 6.27. The summed E-state index contributed by atoms with van der Waals surface area (Å²) in [6.07, 6.45) is 1.83. The van der Waals surface area contributed by atoms with Gasteiger partial charge in [-0.05, 0) is 63.1 Å². The molecule has 3 rings (SSSR count). The maximum atomic E-state index is 12.9. The molecule has 0 spiro atoms. The Morgan fingerprint density at radius 1 is 1.30 bits per heavy atom. The third kappa shape index (κ3) is 5.46. The summed E-state index contributed by atoms with van der Waals surface area (Å²) >= 11 is 7.32. The van der Waals surface area contributed by atoms with Crippen molar-refractivity contribution in [1.82, 2.24) is 4.90 Å². The van der Waals surface area contributed by atoms with Gasteiger partial charge in [0.05, 0.1) is 5.56 Å². The van der Waals surface area contributed by atoms with E-state index in [1.807, 2.05) is 0 Å². The Bertz CT molecular complexity index is 913. The molecule has 1 aliphatic rings. The van der Waals surface area contributed by atoms with Crippen molar-refractivity contribution in [2.45, 2.75) is 45.8 Å². The zero-order chi connectivity index (χ0) is 21.2. The van der Waals surface area contributed by atoms with Crippen molar-refractivity contribution in [3.05, 3.63) is 45.3 Å². The number of primary amides is 1. The number of benzene rings is 1. The molecule has 0 atom stereocenters. The Balaban J connectivity index is 0.00000320. The average Bonchev–Trinajstić information content (AvgIpc) is 3.01. The van der Waals surface area contributed by atoms with Crippen LogP contribution in [0.15, 0.2) is 24.3 Å². The highest BCUT2D eigenvalue weighted by atomic mass is 35.5. The van der Waals surface area contributed by atoms with Gasteiger partial charge in [-0.25, -0.2) is 0 Å². The molecule has 0 fully saturated rings. The number of halogens is 2. The second kappa shape index (κ2) is 10.0. The standard InChI is InChI=1S/C21H26ClN3O3S.ClH/c1-4-10-25-11-9-15-16(12-25)29-19(17(15)18(23)26)24-20(27)21(2,3)28-14-7-5-13(22)6-8-14;/h5-8H,4,9-12H2,1-3H3,(H2,23,26)(H,24,27);1H. The van der Waals surface area contributed by atoms with Gasteiger partial charge in [0.25, 0.3) is 11.8 Å². The fraction of sp³-hybridized carbons (Fsp3) is 0.429. The van der Waals surface area contributed by atoms with Crippen LogP contribution in [-0.2, 0) is 17.8 Å². The molecule has 1 aromatic heterocycles. The first kappa shape index (κ1) is 24.5. The van der Waals surface area contributed by atoms with Crippen LogP contribution in [0.4, 0.5) is 5.00 Å². The summed E-state index contributed by atoms with van der Waals surface area (Å²) in [6, 6.07) is 6.81. The Labute approximate surface area is 192 Å². The first-order chi connectivity index (χ1) is 13.7. The van der Waals surface area contributed by atoms with Crippen LogP contribution in [0.5, 0.6) is 5.75 Å². The lowest BCUT2D eigenvalue weighted by molar-refractivity contribution is -0.128. The number of nitrogens with one attached hydrogen (secondary N) is 1. The van der Waals surface area contributed by atoms with Gasteiger partial charge >= 0.3 is 0 Å². The lowest BCUT2D eigenvalue weighted by Gasteiger charge is -2.26. The number of carbonyl (C=O) groups is 2. The van der Waals surface area contributed by atoms with Gasteiger partial charge in [0.15, 0.2) is 5.60 Å². The van der Waals surface area contributed by atoms with Crippen molar-refractivity contribution in [2.24, 2.45) is 5.73 Å². The van der Waals surface area contributed by atoms with Crippen LogP contribution >= 0.6 is 35.3 Å². The van der Waals surface area contributed by atoms with Crippen LogP contribution in [0.2, 0.25) is 5.02 Å². The van der Waals surface area contributed by atoms with E-state index in [1.165, 1.54) is 11.3 Å². The molecule has 0 bridgehead atoms. The summed E-state index contributed by atoms with van der Waals surface area (Å²) in [7, 11) is 0. The topological polar surface area (TPSA) is 84.7 Å². The van der Waals surface area contributed by atoms with E-state index in [2.05, 4.69) is 17.1 Å². The second-order valence-electron chi connectivity index (χ2n) is 7.62. The van der Waals surface area contributed by atoms with E-state index < -0.39 is 11.5 Å². The van der Waals surface area contributed by atoms with Gasteiger partial charge in [-0.2, -0.15) is 0 Å². The number of thiophene rings is 1. The minimum atomic E-state index is -1.15. The van der Waals surface area contributed by atoms with Crippen LogP contribution < -0.4 is 15.8 Å². The fourth-order valence-corrected chi connectivity index (χ4v) is 4.83. The van der Waals surface area contributed by atoms with Gasteiger partial charge in [-0.15, -0.1) is 23.7 Å². The van der Waals surface area contributed by atoms with E-state index in [1.54, 1.807) is 38.1 Å². The van der Waals surface area contributed by atoms with E-state index in [9.17, 15) is 9.59 Å². The molecule has 0 radical (unpaired) electrons. The summed E-state index contributed by atoms with van der Waals surface area (Å²) in [5.41, 5.74) is 5.89. The maximum Gasteiger partial charge on any atom is 0.268 e. The molecule has 0 unspecified atom stereocenters. The summed E-state index contributed by atoms with van der Waals surface area (Å²) in [6.45, 7) is 8.17. The summed E-state index contributed by atoms with van der Waals surface area (Å²) in [4.78, 5) is 28.5. The first-order valence-corrected chi connectivity index (χ1v) is 10.8. The minimum absolute atomic E-state index is 0. The molecule has 9 heteroatoms. The molecule has 0 aliphatic carbocycles. The van der Waals surface area contributed by atoms with Gasteiger partial charge in [0.1, 0.15) is 10.8 Å². The highest BCUT2D eigenvalue weighted by Gasteiger charge is 2.33. The molecule has 3 N–H and O–H groups in total. The number of hydrogen-bond donors (Lipinski definition) is 2. The number of nitrogens with zero attached hydrogens (tertiary/aromatic N) is 1. The Hall–Kier alpha value is -1.80. The SMILES string of the molecule is CCCN1CCc2c(sc(NC(=O)C(C)(C)Oc3ccc(Cl)cc3)c2C(N)=O)C1.Cl. The largest absolute Gasteiger partial charge is 0.478 e. The number of amides is 2. The molecular formula is C21H27Cl2N3O3S. The van der Waals surface area contributed by atoms with Gasteiger partial charge in [0.2, 0.25) is 0 Å². The van der Waals surface area contributed by atoms with Gasteiger partial charge in [0, 0.05) is 23.0 Å². The van der Waals surface area contributed by atoms with E-state index in [4.69, 9.17) is 22.1 Å². The van der Waals surface area contributed by atoms with Crippen molar-refractivity contribution in [3.8, 4) is 5.75 Å². The van der Waals surface area contributed by atoms with Gasteiger partial charge in [-0.1, -0.05) is 18.5 Å². The Morgan fingerprint density at radius 3 is 2.57 bits per heavy atom. The highest BCUT2D eigenvalue weighted by Crippen LogP contribution is 2.37. The number of anilines is 1. The maximum absolute atomic E-state index is 12.9. The Kier molecular flexibility index (Phi) is 8.16. The number of rotatable bonds is 7. The van der Waals surface area contributed by atoms with Crippen molar-refractivity contribution < 1.29 is 14.3 Å². The summed E-state index contributed by atoms with van der Waals surface area (Å²) in [5, 5.41) is 3.97. The van der Waals surface area contributed by atoms with E-state index in [0.29, 0.717) is 21.3 Å². The average molecular weight is 472 g/mol. The molecule has 6 nitrogen and oxygen atoms in total. The zero-order valence-electron chi connectivity index (χ0n) is 17.3. The quantitative estimate of drug-likeness (QED) is 0.622. The minimum Gasteiger partial charge on any atom is -0.478 e. The smallest absolute Gasteiger partial charge is 0.268 e. The lowest BCUT2D eigenvalue weighted by Crippen LogP contribution is -2.42. The summed E-state index contributed by atoms with van der Waals surface area (Å²) < 4.78 is 5.85. The van der Waals surface area contributed by atoms with Crippen molar-refractivity contribution in [2.75, 3.05) is 18.4 Å². The highest BCUT2D eigenvalue weighted by molar-refractivity contribution is 7.17. The molecule has 164 valence electrons. The number of hydrogen-bond acceptors (Lipinski definition) is 5. The predicted molar refractivity (Wildman–Crippen MR) is 124 cm³/mol. The molecule has 0 saturated carbocycles. The lowest BCUT2D eigenvalue weighted by atomic mass is 10.0. The zero-order valence-corrected chi connectivity index (χ0v) is 19.7. The third-order valence-electron chi connectivity index (χ3n) is 4.88. The predicted octanol–water partition coefficient (Wildman–Crippen LogP) is 4.49. The molecule has 2 amide bonds. The molecular weight excluding hydrogens is 445 g/mol. The number of carbonyl (C=O) groups excluding carboxylic acids is 2. The van der Waals surface area contributed by atoms with Crippen LogP contribution in [0.1, 0.15) is 48.0 Å². The second-order valence-corrected chi connectivity index (χ2v) is 9.16. The molecule has 1 aromatic carbocycles. The summed E-state index contributed by atoms with van der Waals surface area (Å²) in [5.74, 6) is -0.331. The number of nitrogens with two attached hydrogens (primary N) is 1. The Morgan fingerprint density at radius 2 is 1.97 bits per heavy atom. The van der Waals surface area contributed by atoms with Crippen LogP contribution in [0.25, 0.3) is 0 Å². The molecule has 2 heterocycles. The van der Waals surface area contributed by atoms with E-state index >= 15 is 0 Å². The monoisotopic (exact) mass is 471 g/mol. The van der Waals surface area contributed by atoms with E-state index in [-0.39, 0.29) is 18.3 Å².